The Hall–Kier alpha value is -1.14. The molecule has 6 heteroatoms. The predicted octanol–water partition coefficient (Wildman–Crippen LogP) is 1.89. The molecule has 1 aromatic heterocycles. The van der Waals surface area contributed by atoms with Gasteiger partial charge in [0.15, 0.2) is 0 Å². The second kappa shape index (κ2) is 6.44. The van der Waals surface area contributed by atoms with Crippen LogP contribution >= 0.6 is 0 Å². The SMILES string of the molecule is NC(CCOCC(F)F)c1ccncc1F. The number of rotatable bonds is 6. The average molecular weight is 234 g/mol. The Balaban J connectivity index is 2.35. The van der Waals surface area contributed by atoms with Crippen LogP contribution in [0.3, 0.4) is 0 Å². The van der Waals surface area contributed by atoms with Crippen LogP contribution in [-0.4, -0.2) is 24.6 Å². The summed E-state index contributed by atoms with van der Waals surface area (Å²) in [6.45, 7) is -0.543. The van der Waals surface area contributed by atoms with E-state index in [1.165, 1.54) is 12.3 Å². The Kier molecular flexibility index (Phi) is 5.21. The summed E-state index contributed by atoms with van der Waals surface area (Å²) in [4.78, 5) is 3.59. The highest BCUT2D eigenvalue weighted by molar-refractivity contribution is 5.16. The number of pyridine rings is 1. The van der Waals surface area contributed by atoms with Crippen LogP contribution in [0.2, 0.25) is 0 Å². The number of alkyl halides is 2. The minimum atomic E-state index is -2.49. The summed E-state index contributed by atoms with van der Waals surface area (Å²) >= 11 is 0. The highest BCUT2D eigenvalue weighted by Gasteiger charge is 2.11. The molecule has 0 aliphatic rings. The third-order valence-electron chi connectivity index (χ3n) is 2.02. The van der Waals surface area contributed by atoms with Gasteiger partial charge in [0, 0.05) is 24.4 Å². The predicted molar refractivity (Wildman–Crippen MR) is 52.6 cm³/mol. The maximum atomic E-state index is 13.2. The molecular formula is C10H13F3N2O. The smallest absolute Gasteiger partial charge is 0.261 e. The topological polar surface area (TPSA) is 48.1 Å². The number of aromatic nitrogens is 1. The van der Waals surface area contributed by atoms with Crippen molar-refractivity contribution in [1.29, 1.82) is 0 Å². The number of nitrogens with two attached hydrogens (primary N) is 1. The molecule has 1 aromatic rings. The molecule has 0 saturated heterocycles. The van der Waals surface area contributed by atoms with Crippen LogP contribution in [0.25, 0.3) is 0 Å². The van der Waals surface area contributed by atoms with E-state index in [0.717, 1.165) is 6.20 Å². The van der Waals surface area contributed by atoms with Crippen LogP contribution in [0.15, 0.2) is 18.5 Å². The molecule has 90 valence electrons. The summed E-state index contributed by atoms with van der Waals surface area (Å²) in [7, 11) is 0. The molecular weight excluding hydrogens is 221 g/mol. The van der Waals surface area contributed by atoms with Gasteiger partial charge in [-0.05, 0) is 12.5 Å². The van der Waals surface area contributed by atoms with E-state index < -0.39 is 24.9 Å². The molecule has 16 heavy (non-hydrogen) atoms. The van der Waals surface area contributed by atoms with Gasteiger partial charge in [0.25, 0.3) is 6.43 Å². The van der Waals surface area contributed by atoms with E-state index in [1.807, 2.05) is 0 Å². The second-order valence-corrected chi connectivity index (χ2v) is 3.26. The van der Waals surface area contributed by atoms with Crippen LogP contribution in [0.4, 0.5) is 13.2 Å². The number of halogens is 3. The Labute approximate surface area is 91.4 Å². The number of nitrogens with zero attached hydrogens (tertiary/aromatic N) is 1. The van der Waals surface area contributed by atoms with Gasteiger partial charge in [-0.3, -0.25) is 4.98 Å². The molecule has 3 nitrogen and oxygen atoms in total. The first-order valence-corrected chi connectivity index (χ1v) is 4.82. The van der Waals surface area contributed by atoms with Gasteiger partial charge in [-0.15, -0.1) is 0 Å². The fraction of sp³-hybridized carbons (Fsp3) is 0.500. The van der Waals surface area contributed by atoms with Crippen molar-refractivity contribution < 1.29 is 17.9 Å². The minimum absolute atomic E-state index is 0.0767. The molecule has 0 aliphatic heterocycles. The molecule has 1 atom stereocenters. The van der Waals surface area contributed by atoms with E-state index in [2.05, 4.69) is 9.72 Å². The highest BCUT2D eigenvalue weighted by atomic mass is 19.3. The van der Waals surface area contributed by atoms with Crippen LogP contribution < -0.4 is 5.73 Å². The first-order chi connectivity index (χ1) is 7.61. The summed E-state index contributed by atoms with van der Waals surface area (Å²) in [5.74, 6) is -0.496. The summed E-state index contributed by atoms with van der Waals surface area (Å²) in [6, 6.07) is 0.897. The van der Waals surface area contributed by atoms with Gasteiger partial charge in [0.2, 0.25) is 0 Å². The van der Waals surface area contributed by atoms with E-state index in [0.29, 0.717) is 5.56 Å². The lowest BCUT2D eigenvalue weighted by molar-refractivity contribution is 0.0151. The molecule has 2 N–H and O–H groups in total. The van der Waals surface area contributed by atoms with E-state index in [9.17, 15) is 13.2 Å². The number of hydrogen-bond donors (Lipinski definition) is 1. The summed E-state index contributed by atoms with van der Waals surface area (Å²) in [5, 5.41) is 0. The number of hydrogen-bond acceptors (Lipinski definition) is 3. The Morgan fingerprint density at radius 3 is 2.81 bits per heavy atom. The monoisotopic (exact) mass is 234 g/mol. The van der Waals surface area contributed by atoms with E-state index >= 15 is 0 Å². The van der Waals surface area contributed by atoms with Gasteiger partial charge >= 0.3 is 0 Å². The van der Waals surface area contributed by atoms with Gasteiger partial charge in [-0.1, -0.05) is 0 Å². The lowest BCUT2D eigenvalue weighted by atomic mass is 10.1. The van der Waals surface area contributed by atoms with Gasteiger partial charge < -0.3 is 10.5 Å². The van der Waals surface area contributed by atoms with Crippen LogP contribution in [0.5, 0.6) is 0 Å². The molecule has 0 spiro atoms. The average Bonchev–Trinajstić information content (AvgIpc) is 2.24. The van der Waals surface area contributed by atoms with Crippen molar-refractivity contribution in [2.75, 3.05) is 13.2 Å². The third kappa shape index (κ3) is 4.16. The third-order valence-corrected chi connectivity index (χ3v) is 2.02. The first-order valence-electron chi connectivity index (χ1n) is 4.82. The Morgan fingerprint density at radius 1 is 1.44 bits per heavy atom. The van der Waals surface area contributed by atoms with Crippen LogP contribution in [0.1, 0.15) is 18.0 Å². The largest absolute Gasteiger partial charge is 0.375 e. The Bertz CT molecular complexity index is 323. The van der Waals surface area contributed by atoms with Crippen LogP contribution in [-0.2, 0) is 4.74 Å². The molecule has 0 amide bonds. The highest BCUT2D eigenvalue weighted by Crippen LogP contribution is 2.16. The van der Waals surface area contributed by atoms with Gasteiger partial charge in [0.1, 0.15) is 12.4 Å². The maximum Gasteiger partial charge on any atom is 0.261 e. The molecule has 0 bridgehead atoms. The zero-order valence-corrected chi connectivity index (χ0v) is 8.57. The second-order valence-electron chi connectivity index (χ2n) is 3.26. The minimum Gasteiger partial charge on any atom is -0.375 e. The van der Waals surface area contributed by atoms with Crippen LogP contribution in [0, 0.1) is 5.82 Å². The zero-order chi connectivity index (χ0) is 12.0. The molecule has 0 aromatic carbocycles. The van der Waals surface area contributed by atoms with E-state index in [1.54, 1.807) is 0 Å². The normalized spacial score (nSPS) is 13.1. The van der Waals surface area contributed by atoms with Gasteiger partial charge in [-0.25, -0.2) is 13.2 Å². The summed E-state index contributed by atoms with van der Waals surface area (Å²) in [6.07, 6.45) is 0.287. The van der Waals surface area contributed by atoms with Gasteiger partial charge in [-0.2, -0.15) is 0 Å². The first kappa shape index (κ1) is 12.9. The molecule has 0 fully saturated rings. The summed E-state index contributed by atoms with van der Waals surface area (Å²) in [5.41, 5.74) is 5.99. The van der Waals surface area contributed by atoms with Crippen molar-refractivity contribution >= 4 is 0 Å². The van der Waals surface area contributed by atoms with Gasteiger partial charge in [0.05, 0.1) is 6.20 Å². The van der Waals surface area contributed by atoms with Crippen molar-refractivity contribution in [3.63, 3.8) is 0 Å². The van der Waals surface area contributed by atoms with Crippen molar-refractivity contribution in [2.24, 2.45) is 5.73 Å². The lowest BCUT2D eigenvalue weighted by Gasteiger charge is -2.12. The maximum absolute atomic E-state index is 13.2. The number of ether oxygens (including phenoxy) is 1. The molecule has 0 saturated carbocycles. The molecule has 1 unspecified atom stereocenters. The van der Waals surface area contributed by atoms with Crippen molar-refractivity contribution in [2.45, 2.75) is 18.9 Å². The molecule has 1 heterocycles. The fourth-order valence-corrected chi connectivity index (χ4v) is 1.22. The van der Waals surface area contributed by atoms with Crippen molar-refractivity contribution in [3.8, 4) is 0 Å². The fourth-order valence-electron chi connectivity index (χ4n) is 1.22. The molecule has 0 aliphatic carbocycles. The quantitative estimate of drug-likeness (QED) is 0.764. The van der Waals surface area contributed by atoms with Crippen molar-refractivity contribution in [3.05, 3.63) is 29.8 Å². The summed E-state index contributed by atoms with van der Waals surface area (Å²) < 4.78 is 41.3. The lowest BCUT2D eigenvalue weighted by Crippen LogP contribution is -2.16. The molecule has 1 rings (SSSR count). The Morgan fingerprint density at radius 2 is 2.19 bits per heavy atom. The van der Waals surface area contributed by atoms with E-state index in [-0.39, 0.29) is 13.0 Å². The zero-order valence-electron chi connectivity index (χ0n) is 8.57. The van der Waals surface area contributed by atoms with E-state index in [4.69, 9.17) is 5.73 Å². The molecule has 0 radical (unpaired) electrons. The van der Waals surface area contributed by atoms with Crippen molar-refractivity contribution in [1.82, 2.24) is 4.98 Å². The standard InChI is InChI=1S/C10H13F3N2O/c11-8-5-15-3-1-7(8)9(14)2-4-16-6-10(12)13/h1,3,5,9-10H,2,4,6,14H2.